The molecular formula is C15H21O. The van der Waals surface area contributed by atoms with E-state index in [-0.39, 0.29) is 6.10 Å². The Kier molecular flexibility index (Phi) is 3.65. The molecular weight excluding hydrogens is 196 g/mol. The third kappa shape index (κ3) is 2.46. The van der Waals surface area contributed by atoms with Gasteiger partial charge in [-0.05, 0) is 36.3 Å². The Morgan fingerprint density at radius 1 is 1.31 bits per heavy atom. The highest BCUT2D eigenvalue weighted by atomic mass is 16.3. The van der Waals surface area contributed by atoms with Crippen LogP contribution in [0, 0.1) is 6.42 Å². The number of aliphatic hydroxyl groups is 1. The number of hydrogen-bond donors (Lipinski definition) is 1. The lowest BCUT2D eigenvalue weighted by Gasteiger charge is -2.28. The van der Waals surface area contributed by atoms with Crippen LogP contribution < -0.4 is 0 Å². The van der Waals surface area contributed by atoms with E-state index in [1.54, 1.807) is 0 Å². The van der Waals surface area contributed by atoms with E-state index in [9.17, 15) is 5.11 Å². The largest absolute Gasteiger partial charge is 0.392 e. The first-order valence-electron chi connectivity index (χ1n) is 6.29. The van der Waals surface area contributed by atoms with Crippen LogP contribution in [-0.2, 0) is 0 Å². The number of aliphatic hydroxyl groups excluding tert-OH is 1. The van der Waals surface area contributed by atoms with Crippen molar-refractivity contribution in [2.45, 2.75) is 51.0 Å². The fraction of sp³-hybridized carbons (Fsp3) is 0.533. The second-order valence-corrected chi connectivity index (χ2v) is 5.09. The summed E-state index contributed by atoms with van der Waals surface area (Å²) in [4.78, 5) is 0. The lowest BCUT2D eigenvalue weighted by Crippen LogP contribution is -2.23. The summed E-state index contributed by atoms with van der Waals surface area (Å²) in [6.07, 6.45) is 5.17. The monoisotopic (exact) mass is 217 g/mol. The van der Waals surface area contributed by atoms with Crippen LogP contribution in [0.4, 0.5) is 0 Å². The molecule has 0 spiro atoms. The molecule has 1 aromatic carbocycles. The Bertz CT molecular complexity index is 343. The Balaban J connectivity index is 2.21. The van der Waals surface area contributed by atoms with Gasteiger partial charge in [-0.1, -0.05) is 44.5 Å². The summed E-state index contributed by atoms with van der Waals surface area (Å²) in [5.74, 6) is 0.872. The smallest absolute Gasteiger partial charge is 0.0640 e. The van der Waals surface area contributed by atoms with Gasteiger partial charge < -0.3 is 5.11 Å². The van der Waals surface area contributed by atoms with Crippen LogP contribution in [0.1, 0.15) is 56.1 Å². The van der Waals surface area contributed by atoms with Gasteiger partial charge in [-0.3, -0.25) is 0 Å². The fourth-order valence-corrected chi connectivity index (χ4v) is 2.47. The van der Waals surface area contributed by atoms with Gasteiger partial charge in [0.25, 0.3) is 0 Å². The summed E-state index contributed by atoms with van der Waals surface area (Å²) in [5.41, 5.74) is 2.67. The van der Waals surface area contributed by atoms with Crippen molar-refractivity contribution in [2.24, 2.45) is 0 Å². The fourth-order valence-electron chi connectivity index (χ4n) is 2.47. The normalized spacial score (nSPS) is 26.0. The second-order valence-electron chi connectivity index (χ2n) is 5.09. The van der Waals surface area contributed by atoms with Crippen LogP contribution >= 0.6 is 0 Å². The van der Waals surface area contributed by atoms with Crippen molar-refractivity contribution in [3.63, 3.8) is 0 Å². The molecule has 1 N–H and O–H groups in total. The summed E-state index contributed by atoms with van der Waals surface area (Å²) >= 11 is 0. The molecule has 1 aliphatic carbocycles. The van der Waals surface area contributed by atoms with Gasteiger partial charge in [0.15, 0.2) is 0 Å². The molecule has 0 saturated heterocycles. The van der Waals surface area contributed by atoms with Gasteiger partial charge in [0, 0.05) is 5.92 Å². The van der Waals surface area contributed by atoms with E-state index in [1.165, 1.54) is 17.5 Å². The van der Waals surface area contributed by atoms with Crippen LogP contribution in [0.3, 0.4) is 0 Å². The third-order valence-corrected chi connectivity index (χ3v) is 3.55. The zero-order valence-electron chi connectivity index (χ0n) is 10.2. The van der Waals surface area contributed by atoms with Crippen molar-refractivity contribution in [1.29, 1.82) is 0 Å². The number of benzene rings is 1. The lowest BCUT2D eigenvalue weighted by atomic mass is 9.81. The summed E-state index contributed by atoms with van der Waals surface area (Å²) in [6, 6.07) is 8.70. The predicted octanol–water partition coefficient (Wildman–Crippen LogP) is 3.64. The van der Waals surface area contributed by atoms with Crippen molar-refractivity contribution >= 4 is 0 Å². The van der Waals surface area contributed by atoms with E-state index in [4.69, 9.17) is 0 Å². The Labute approximate surface area is 98.5 Å². The molecule has 1 radical (unpaired) electrons. The second kappa shape index (κ2) is 5.01. The van der Waals surface area contributed by atoms with Gasteiger partial charge >= 0.3 is 0 Å². The Hall–Kier alpha value is -0.820. The molecule has 0 aliphatic heterocycles. The lowest BCUT2D eigenvalue weighted by molar-refractivity contribution is 0.149. The van der Waals surface area contributed by atoms with Crippen molar-refractivity contribution < 1.29 is 5.11 Å². The first kappa shape index (κ1) is 11.7. The maximum atomic E-state index is 10.00. The molecule has 1 saturated carbocycles. The topological polar surface area (TPSA) is 20.2 Å². The van der Waals surface area contributed by atoms with E-state index in [1.807, 2.05) is 0 Å². The zero-order valence-corrected chi connectivity index (χ0v) is 10.2. The maximum absolute atomic E-state index is 10.00. The van der Waals surface area contributed by atoms with Gasteiger partial charge in [-0.25, -0.2) is 0 Å². The van der Waals surface area contributed by atoms with Crippen molar-refractivity contribution in [3.8, 4) is 0 Å². The predicted molar refractivity (Wildman–Crippen MR) is 67.4 cm³/mol. The SMILES string of the molecule is CC(C)c1cccc(C2CCC[CH]C2O)c1. The van der Waals surface area contributed by atoms with E-state index >= 15 is 0 Å². The van der Waals surface area contributed by atoms with Crippen LogP contribution in [0.15, 0.2) is 24.3 Å². The highest BCUT2D eigenvalue weighted by Gasteiger charge is 2.24. The van der Waals surface area contributed by atoms with Crippen molar-refractivity contribution in [3.05, 3.63) is 41.8 Å². The molecule has 1 nitrogen and oxygen atoms in total. The van der Waals surface area contributed by atoms with Crippen LogP contribution in [0.25, 0.3) is 0 Å². The first-order valence-corrected chi connectivity index (χ1v) is 6.29. The summed E-state index contributed by atoms with van der Waals surface area (Å²) in [6.45, 7) is 4.42. The summed E-state index contributed by atoms with van der Waals surface area (Å²) < 4.78 is 0. The molecule has 2 rings (SSSR count). The molecule has 0 amide bonds. The van der Waals surface area contributed by atoms with Gasteiger partial charge in [0.2, 0.25) is 0 Å². The minimum Gasteiger partial charge on any atom is -0.392 e. The summed E-state index contributed by atoms with van der Waals surface area (Å²) in [5, 5.41) is 10.00. The number of hydrogen-bond acceptors (Lipinski definition) is 1. The Morgan fingerprint density at radius 3 is 2.81 bits per heavy atom. The first-order chi connectivity index (χ1) is 7.68. The molecule has 87 valence electrons. The molecule has 0 heterocycles. The van der Waals surface area contributed by atoms with Crippen LogP contribution in [0.5, 0.6) is 0 Å². The van der Waals surface area contributed by atoms with Gasteiger partial charge in [-0.15, -0.1) is 0 Å². The van der Waals surface area contributed by atoms with Gasteiger partial charge in [-0.2, -0.15) is 0 Å². The average Bonchev–Trinajstić information content (AvgIpc) is 2.30. The highest BCUT2D eigenvalue weighted by molar-refractivity contribution is 5.30. The molecule has 2 unspecified atom stereocenters. The van der Waals surface area contributed by atoms with Gasteiger partial charge in [0.1, 0.15) is 0 Å². The molecule has 1 heteroatoms. The zero-order chi connectivity index (χ0) is 11.5. The van der Waals surface area contributed by atoms with Crippen LogP contribution in [0.2, 0.25) is 0 Å². The Morgan fingerprint density at radius 2 is 2.12 bits per heavy atom. The van der Waals surface area contributed by atoms with Crippen LogP contribution in [-0.4, -0.2) is 11.2 Å². The minimum absolute atomic E-state index is 0.254. The molecule has 0 bridgehead atoms. The van der Waals surface area contributed by atoms with Gasteiger partial charge in [0.05, 0.1) is 6.10 Å². The maximum Gasteiger partial charge on any atom is 0.0640 e. The van der Waals surface area contributed by atoms with E-state index < -0.39 is 0 Å². The van der Waals surface area contributed by atoms with E-state index in [2.05, 4.69) is 44.5 Å². The van der Waals surface area contributed by atoms with Crippen molar-refractivity contribution in [1.82, 2.24) is 0 Å². The molecule has 1 aromatic rings. The molecule has 2 atom stereocenters. The number of rotatable bonds is 2. The van der Waals surface area contributed by atoms with E-state index in [0.717, 1.165) is 12.8 Å². The quantitative estimate of drug-likeness (QED) is 0.801. The molecule has 1 fully saturated rings. The summed E-state index contributed by atoms with van der Waals surface area (Å²) in [7, 11) is 0. The molecule has 1 aliphatic rings. The third-order valence-electron chi connectivity index (χ3n) is 3.55. The molecule has 16 heavy (non-hydrogen) atoms. The molecule has 0 aromatic heterocycles. The van der Waals surface area contributed by atoms with Crippen molar-refractivity contribution in [2.75, 3.05) is 0 Å². The standard InChI is InChI=1S/C15H21O/c1-11(2)12-6-5-7-13(10-12)14-8-3-4-9-15(14)16/h5-7,9-11,14-16H,3-4,8H2,1-2H3. The van der Waals surface area contributed by atoms with E-state index in [0.29, 0.717) is 11.8 Å². The minimum atomic E-state index is -0.254. The average molecular weight is 217 g/mol. The highest BCUT2D eigenvalue weighted by Crippen LogP contribution is 2.33.